The second-order valence-electron chi connectivity index (χ2n) is 4.58. The van der Waals surface area contributed by atoms with Crippen LogP contribution in [-0.4, -0.2) is 39.4 Å². The Labute approximate surface area is 127 Å². The summed E-state index contributed by atoms with van der Waals surface area (Å²) in [5, 5.41) is 12.5. The first-order valence-electron chi connectivity index (χ1n) is 6.69. The highest BCUT2D eigenvalue weighted by Crippen LogP contribution is 2.20. The van der Waals surface area contributed by atoms with Crippen molar-refractivity contribution in [3.05, 3.63) is 48.2 Å². The predicted molar refractivity (Wildman–Crippen MR) is 79.7 cm³/mol. The molecule has 3 rings (SSSR count). The van der Waals surface area contributed by atoms with Crippen molar-refractivity contribution in [2.45, 2.75) is 6.54 Å². The quantitative estimate of drug-likeness (QED) is 0.715. The van der Waals surface area contributed by atoms with E-state index >= 15 is 0 Å². The Morgan fingerprint density at radius 3 is 2.73 bits per heavy atom. The Morgan fingerprint density at radius 2 is 2.00 bits per heavy atom. The molecule has 0 aliphatic carbocycles. The molecule has 0 radical (unpaired) electrons. The first-order valence-corrected chi connectivity index (χ1v) is 6.69. The van der Waals surface area contributed by atoms with Crippen molar-refractivity contribution in [3.63, 3.8) is 0 Å². The van der Waals surface area contributed by atoms with Crippen LogP contribution in [0, 0.1) is 0 Å². The third-order valence-corrected chi connectivity index (χ3v) is 3.11. The van der Waals surface area contributed by atoms with E-state index in [1.165, 1.54) is 4.80 Å². The van der Waals surface area contributed by atoms with Gasteiger partial charge in [0, 0.05) is 17.8 Å². The van der Waals surface area contributed by atoms with E-state index in [0.29, 0.717) is 18.2 Å². The Morgan fingerprint density at radius 1 is 1.09 bits per heavy atom. The van der Waals surface area contributed by atoms with Gasteiger partial charge in [0.15, 0.2) is 0 Å². The van der Waals surface area contributed by atoms with Crippen LogP contribution in [0.2, 0.25) is 0 Å². The number of methoxy groups -OCH3 is 2. The number of ether oxygens (including phenoxy) is 2. The van der Waals surface area contributed by atoms with Crippen molar-refractivity contribution in [1.29, 1.82) is 0 Å². The summed E-state index contributed by atoms with van der Waals surface area (Å²) in [5.74, 6) is 1.89. The number of nitrogens with zero attached hydrogens (tertiary/aromatic N) is 5. The molecule has 0 fully saturated rings. The molecule has 3 aromatic rings. The predicted octanol–water partition coefficient (Wildman–Crippen LogP) is 1.80. The van der Waals surface area contributed by atoms with Gasteiger partial charge in [0.1, 0.15) is 5.75 Å². The van der Waals surface area contributed by atoms with E-state index in [1.54, 1.807) is 26.5 Å². The van der Waals surface area contributed by atoms with Gasteiger partial charge < -0.3 is 9.47 Å². The molecule has 0 N–H and O–H groups in total. The van der Waals surface area contributed by atoms with Crippen molar-refractivity contribution in [2.24, 2.45) is 0 Å². The number of aromatic nitrogens is 5. The third kappa shape index (κ3) is 3.03. The Kier molecular flexibility index (Phi) is 3.95. The largest absolute Gasteiger partial charge is 0.497 e. The maximum atomic E-state index is 5.20. The van der Waals surface area contributed by atoms with Gasteiger partial charge in [-0.2, -0.15) is 4.80 Å². The molecule has 7 heteroatoms. The van der Waals surface area contributed by atoms with Crippen molar-refractivity contribution < 1.29 is 9.47 Å². The minimum Gasteiger partial charge on any atom is -0.497 e. The minimum absolute atomic E-state index is 0.494. The fourth-order valence-corrected chi connectivity index (χ4v) is 1.98. The van der Waals surface area contributed by atoms with Crippen LogP contribution in [0.15, 0.2) is 42.6 Å². The molecular weight excluding hydrogens is 282 g/mol. The average molecular weight is 297 g/mol. The molecular formula is C15H15N5O2. The summed E-state index contributed by atoms with van der Waals surface area (Å²) in [4.78, 5) is 5.68. The summed E-state index contributed by atoms with van der Waals surface area (Å²) in [6, 6.07) is 11.3. The topological polar surface area (TPSA) is 75.0 Å². The molecule has 2 aromatic heterocycles. The van der Waals surface area contributed by atoms with Gasteiger partial charge in [0.2, 0.25) is 11.7 Å². The fourth-order valence-electron chi connectivity index (χ4n) is 1.98. The second kappa shape index (κ2) is 6.21. The van der Waals surface area contributed by atoms with Crippen molar-refractivity contribution in [3.8, 4) is 23.0 Å². The van der Waals surface area contributed by atoms with E-state index in [0.717, 1.165) is 16.9 Å². The van der Waals surface area contributed by atoms with Crippen molar-refractivity contribution in [2.75, 3.05) is 14.2 Å². The molecule has 0 saturated heterocycles. The van der Waals surface area contributed by atoms with Gasteiger partial charge >= 0.3 is 0 Å². The molecule has 0 bridgehead atoms. The maximum absolute atomic E-state index is 5.20. The molecule has 0 saturated carbocycles. The number of rotatable bonds is 5. The zero-order valence-corrected chi connectivity index (χ0v) is 12.3. The second-order valence-corrected chi connectivity index (χ2v) is 4.58. The molecule has 0 spiro atoms. The van der Waals surface area contributed by atoms with Gasteiger partial charge in [-0.25, -0.2) is 4.98 Å². The van der Waals surface area contributed by atoms with Gasteiger partial charge in [-0.05, 0) is 22.9 Å². The number of benzene rings is 1. The standard InChI is InChI=1S/C15H15N5O2/c1-21-13-5-3-4-12(8-13)15-17-19-20(18-15)10-11-6-7-14(22-2)16-9-11/h3-9H,10H2,1-2H3. The molecule has 1 aromatic carbocycles. The molecule has 7 nitrogen and oxygen atoms in total. The lowest BCUT2D eigenvalue weighted by molar-refractivity contribution is 0.397. The van der Waals surface area contributed by atoms with E-state index in [1.807, 2.05) is 30.3 Å². The summed E-state index contributed by atoms with van der Waals surface area (Å²) in [6.07, 6.45) is 1.73. The van der Waals surface area contributed by atoms with E-state index in [9.17, 15) is 0 Å². The zero-order chi connectivity index (χ0) is 15.4. The first-order chi connectivity index (χ1) is 10.8. The maximum Gasteiger partial charge on any atom is 0.212 e. The Bertz CT molecular complexity index is 755. The summed E-state index contributed by atoms with van der Waals surface area (Å²) < 4.78 is 10.2. The van der Waals surface area contributed by atoms with Gasteiger partial charge in [0.05, 0.1) is 20.8 Å². The lowest BCUT2D eigenvalue weighted by atomic mass is 10.2. The number of hydrogen-bond donors (Lipinski definition) is 0. The van der Waals surface area contributed by atoms with E-state index in [-0.39, 0.29) is 0 Å². The monoisotopic (exact) mass is 297 g/mol. The van der Waals surface area contributed by atoms with Crippen molar-refractivity contribution >= 4 is 0 Å². The average Bonchev–Trinajstić information content (AvgIpc) is 3.04. The summed E-state index contributed by atoms with van der Waals surface area (Å²) in [7, 11) is 3.21. The van der Waals surface area contributed by atoms with Gasteiger partial charge in [-0.15, -0.1) is 10.2 Å². The van der Waals surface area contributed by atoms with Crippen LogP contribution in [0.1, 0.15) is 5.56 Å². The molecule has 22 heavy (non-hydrogen) atoms. The normalized spacial score (nSPS) is 10.5. The zero-order valence-electron chi connectivity index (χ0n) is 12.3. The number of hydrogen-bond acceptors (Lipinski definition) is 6. The number of tetrazole rings is 1. The molecule has 0 aliphatic heterocycles. The van der Waals surface area contributed by atoms with Crippen LogP contribution in [0.4, 0.5) is 0 Å². The highest BCUT2D eigenvalue weighted by atomic mass is 16.5. The van der Waals surface area contributed by atoms with Crippen LogP contribution >= 0.6 is 0 Å². The fraction of sp³-hybridized carbons (Fsp3) is 0.200. The van der Waals surface area contributed by atoms with Crippen LogP contribution in [-0.2, 0) is 6.54 Å². The molecule has 2 heterocycles. The summed E-state index contributed by atoms with van der Waals surface area (Å²) in [5.41, 5.74) is 1.83. The van der Waals surface area contributed by atoms with Crippen LogP contribution in [0.5, 0.6) is 11.6 Å². The minimum atomic E-state index is 0.494. The highest BCUT2D eigenvalue weighted by molar-refractivity contribution is 5.56. The van der Waals surface area contributed by atoms with E-state index in [4.69, 9.17) is 9.47 Å². The van der Waals surface area contributed by atoms with E-state index < -0.39 is 0 Å². The molecule has 0 atom stereocenters. The number of pyridine rings is 1. The third-order valence-electron chi connectivity index (χ3n) is 3.11. The molecule has 0 aliphatic rings. The summed E-state index contributed by atoms with van der Waals surface area (Å²) in [6.45, 7) is 0.494. The Hall–Kier alpha value is -2.96. The van der Waals surface area contributed by atoms with Crippen molar-refractivity contribution in [1.82, 2.24) is 25.2 Å². The lowest BCUT2D eigenvalue weighted by Gasteiger charge is -2.01. The highest BCUT2D eigenvalue weighted by Gasteiger charge is 2.07. The van der Waals surface area contributed by atoms with Crippen LogP contribution in [0.25, 0.3) is 11.4 Å². The lowest BCUT2D eigenvalue weighted by Crippen LogP contribution is -2.04. The molecule has 0 unspecified atom stereocenters. The first kappa shape index (κ1) is 14.0. The molecule has 112 valence electrons. The SMILES string of the molecule is COc1cccc(-c2nnn(Cc3ccc(OC)nc3)n2)c1. The Balaban J connectivity index is 1.77. The van der Waals surface area contributed by atoms with Crippen LogP contribution in [0.3, 0.4) is 0 Å². The van der Waals surface area contributed by atoms with Gasteiger partial charge in [-0.3, -0.25) is 0 Å². The smallest absolute Gasteiger partial charge is 0.212 e. The van der Waals surface area contributed by atoms with Gasteiger partial charge in [0.25, 0.3) is 0 Å². The summed E-state index contributed by atoms with van der Waals surface area (Å²) >= 11 is 0. The van der Waals surface area contributed by atoms with Gasteiger partial charge in [-0.1, -0.05) is 18.2 Å². The van der Waals surface area contributed by atoms with E-state index in [2.05, 4.69) is 20.4 Å². The molecule has 0 amide bonds. The van der Waals surface area contributed by atoms with Crippen LogP contribution < -0.4 is 9.47 Å².